The van der Waals surface area contributed by atoms with Gasteiger partial charge >= 0.3 is 0 Å². The molecule has 1 saturated heterocycles. The minimum Gasteiger partial charge on any atom is -0.409 e. The van der Waals surface area contributed by atoms with Crippen LogP contribution in [0.5, 0.6) is 0 Å². The summed E-state index contributed by atoms with van der Waals surface area (Å²) < 4.78 is 20.3. The van der Waals surface area contributed by atoms with E-state index in [0.29, 0.717) is 17.8 Å². The molecule has 1 aliphatic heterocycles. The third-order valence-corrected chi connectivity index (χ3v) is 4.38. The van der Waals surface area contributed by atoms with Crippen molar-refractivity contribution in [1.29, 1.82) is 0 Å². The van der Waals surface area contributed by atoms with Gasteiger partial charge in [-0.3, -0.25) is 0 Å². The molecule has 21 heavy (non-hydrogen) atoms. The van der Waals surface area contributed by atoms with Gasteiger partial charge in [0.25, 0.3) is 0 Å². The number of benzene rings is 1. The average Bonchev–Trinajstić information content (AvgIpc) is 2.50. The fourth-order valence-corrected chi connectivity index (χ4v) is 2.98. The Bertz CT molecular complexity index is 533. The highest BCUT2D eigenvalue weighted by Gasteiger charge is 2.20. The number of ether oxygens (including phenoxy) is 1. The highest BCUT2D eigenvalue weighted by molar-refractivity contribution is 9.10. The van der Waals surface area contributed by atoms with Crippen LogP contribution in [0.2, 0.25) is 0 Å². The minimum atomic E-state index is -0.433. The number of nitrogens with zero attached hydrogens (tertiary/aromatic N) is 2. The Morgan fingerprint density at radius 1 is 1.57 bits per heavy atom. The number of halogens is 2. The lowest BCUT2D eigenvalue weighted by atomic mass is 10.1. The van der Waals surface area contributed by atoms with Gasteiger partial charge in [-0.2, -0.15) is 0 Å². The summed E-state index contributed by atoms with van der Waals surface area (Å²) in [4.78, 5) is 1.83. The summed E-state index contributed by atoms with van der Waals surface area (Å²) in [5, 5.41) is 11.6. The molecule has 7 heteroatoms. The predicted molar refractivity (Wildman–Crippen MR) is 83.5 cm³/mol. The van der Waals surface area contributed by atoms with Crippen LogP contribution in [-0.2, 0) is 4.74 Å². The highest BCUT2D eigenvalue weighted by Crippen LogP contribution is 2.29. The third-order valence-electron chi connectivity index (χ3n) is 3.61. The molecule has 5 nitrogen and oxygen atoms in total. The molecule has 0 amide bonds. The van der Waals surface area contributed by atoms with E-state index in [-0.39, 0.29) is 16.4 Å². The monoisotopic (exact) mass is 359 g/mol. The zero-order valence-electron chi connectivity index (χ0n) is 11.9. The number of rotatable bonds is 4. The van der Waals surface area contributed by atoms with E-state index in [1.54, 1.807) is 12.1 Å². The maximum absolute atomic E-state index is 14.4. The van der Waals surface area contributed by atoms with Crippen LogP contribution in [0.4, 0.5) is 10.1 Å². The van der Waals surface area contributed by atoms with Crippen molar-refractivity contribution in [2.24, 2.45) is 10.9 Å². The van der Waals surface area contributed by atoms with Gasteiger partial charge in [0.05, 0.1) is 16.3 Å². The molecular weight excluding hydrogens is 341 g/mol. The van der Waals surface area contributed by atoms with Crippen molar-refractivity contribution in [2.45, 2.75) is 25.4 Å². The van der Waals surface area contributed by atoms with Gasteiger partial charge in [-0.15, -0.1) is 0 Å². The van der Waals surface area contributed by atoms with Crippen molar-refractivity contribution < 1.29 is 14.3 Å². The molecule has 1 fully saturated rings. The van der Waals surface area contributed by atoms with Gasteiger partial charge in [0.2, 0.25) is 0 Å². The predicted octanol–water partition coefficient (Wildman–Crippen LogP) is 2.69. The molecule has 1 heterocycles. The van der Waals surface area contributed by atoms with E-state index in [1.807, 2.05) is 11.9 Å². The van der Waals surface area contributed by atoms with Gasteiger partial charge in [-0.05, 0) is 47.3 Å². The molecule has 1 aromatic carbocycles. The highest BCUT2D eigenvalue weighted by atomic mass is 79.9. The summed E-state index contributed by atoms with van der Waals surface area (Å²) in [6.07, 6.45) is 3.36. The first-order chi connectivity index (χ1) is 10.0. The van der Waals surface area contributed by atoms with Crippen LogP contribution < -0.4 is 10.6 Å². The molecule has 0 spiro atoms. The summed E-state index contributed by atoms with van der Waals surface area (Å²) in [5.74, 6) is -0.567. The fraction of sp³-hybridized carbons (Fsp3) is 0.500. The molecule has 0 aliphatic carbocycles. The third kappa shape index (κ3) is 3.65. The second kappa shape index (κ2) is 7.09. The molecule has 0 radical (unpaired) electrons. The lowest BCUT2D eigenvalue weighted by molar-refractivity contribution is 0.0215. The normalized spacial score (nSPS) is 19.6. The summed E-state index contributed by atoms with van der Waals surface area (Å²) >= 11 is 3.16. The Morgan fingerprint density at radius 3 is 2.95 bits per heavy atom. The molecule has 1 aromatic rings. The maximum atomic E-state index is 14.4. The molecule has 1 aliphatic rings. The van der Waals surface area contributed by atoms with Crippen LogP contribution in [0.25, 0.3) is 0 Å². The minimum absolute atomic E-state index is 0.130. The van der Waals surface area contributed by atoms with Gasteiger partial charge in [0.1, 0.15) is 0 Å². The Labute approximate surface area is 131 Å². The molecular formula is C14H19BrFN3O2. The molecule has 0 aromatic heterocycles. The van der Waals surface area contributed by atoms with Crippen LogP contribution in [0.1, 0.15) is 24.8 Å². The van der Waals surface area contributed by atoms with Crippen molar-refractivity contribution in [1.82, 2.24) is 0 Å². The second-order valence-corrected chi connectivity index (χ2v) is 5.91. The number of anilines is 1. The van der Waals surface area contributed by atoms with E-state index in [9.17, 15) is 4.39 Å². The number of hydrogen-bond acceptors (Lipinski definition) is 4. The quantitative estimate of drug-likeness (QED) is 0.375. The van der Waals surface area contributed by atoms with E-state index in [4.69, 9.17) is 15.7 Å². The Balaban J connectivity index is 2.17. The topological polar surface area (TPSA) is 71.1 Å². The Morgan fingerprint density at radius 2 is 2.33 bits per heavy atom. The standard InChI is InChI=1S/C14H19BrFN3O2/c1-19(8-9-4-2-3-7-21-9)11-6-5-10(14(17)18-20)12(15)13(11)16/h5-6,9,20H,2-4,7-8H2,1H3,(H2,17,18). The first-order valence-electron chi connectivity index (χ1n) is 6.83. The van der Waals surface area contributed by atoms with Crippen LogP contribution in [0, 0.1) is 5.82 Å². The Hall–Kier alpha value is -1.34. The van der Waals surface area contributed by atoms with Crippen molar-refractivity contribution in [3.05, 3.63) is 28.0 Å². The van der Waals surface area contributed by atoms with Crippen LogP contribution >= 0.6 is 15.9 Å². The number of likely N-dealkylation sites (N-methyl/N-ethyl adjacent to an activating group) is 1. The molecule has 0 saturated carbocycles. The van der Waals surface area contributed by atoms with E-state index >= 15 is 0 Å². The lowest BCUT2D eigenvalue weighted by Gasteiger charge is -2.29. The molecule has 2 rings (SSSR count). The van der Waals surface area contributed by atoms with Crippen molar-refractivity contribution in [3.63, 3.8) is 0 Å². The summed E-state index contributed by atoms with van der Waals surface area (Å²) in [7, 11) is 1.83. The van der Waals surface area contributed by atoms with Crippen LogP contribution in [0.15, 0.2) is 21.8 Å². The number of amidine groups is 1. The molecule has 1 atom stereocenters. The summed E-state index contributed by atoms with van der Waals surface area (Å²) in [6.45, 7) is 1.40. The number of oxime groups is 1. The van der Waals surface area contributed by atoms with E-state index in [2.05, 4.69) is 21.1 Å². The van der Waals surface area contributed by atoms with Crippen LogP contribution in [-0.4, -0.2) is 37.3 Å². The largest absolute Gasteiger partial charge is 0.409 e. The van der Waals surface area contributed by atoms with Crippen molar-refractivity contribution in [3.8, 4) is 0 Å². The number of hydrogen-bond donors (Lipinski definition) is 2. The van der Waals surface area contributed by atoms with Gasteiger partial charge in [0, 0.05) is 25.8 Å². The molecule has 3 N–H and O–H groups in total. The zero-order chi connectivity index (χ0) is 15.4. The maximum Gasteiger partial charge on any atom is 0.171 e. The fourth-order valence-electron chi connectivity index (χ4n) is 2.44. The summed E-state index contributed by atoms with van der Waals surface area (Å²) in [5.41, 5.74) is 6.28. The van der Waals surface area contributed by atoms with Crippen molar-refractivity contribution >= 4 is 27.5 Å². The molecule has 116 valence electrons. The summed E-state index contributed by atoms with van der Waals surface area (Å²) in [6, 6.07) is 3.24. The number of nitrogens with two attached hydrogens (primary N) is 1. The van der Waals surface area contributed by atoms with Gasteiger partial charge < -0.3 is 20.6 Å². The van der Waals surface area contributed by atoms with E-state index in [1.165, 1.54) is 0 Å². The lowest BCUT2D eigenvalue weighted by Crippen LogP contribution is -2.33. The van der Waals surface area contributed by atoms with Crippen molar-refractivity contribution in [2.75, 3.05) is 25.1 Å². The first kappa shape index (κ1) is 16.0. The van der Waals surface area contributed by atoms with Gasteiger partial charge in [0.15, 0.2) is 11.7 Å². The first-order valence-corrected chi connectivity index (χ1v) is 7.62. The smallest absolute Gasteiger partial charge is 0.171 e. The molecule has 1 unspecified atom stereocenters. The average molecular weight is 360 g/mol. The van der Waals surface area contributed by atoms with Gasteiger partial charge in [-0.1, -0.05) is 5.16 Å². The van der Waals surface area contributed by atoms with Gasteiger partial charge in [-0.25, -0.2) is 4.39 Å². The second-order valence-electron chi connectivity index (χ2n) is 5.11. The van der Waals surface area contributed by atoms with E-state index in [0.717, 1.165) is 25.9 Å². The van der Waals surface area contributed by atoms with Crippen LogP contribution in [0.3, 0.4) is 0 Å². The SMILES string of the molecule is CN(CC1CCCCO1)c1ccc(/C(N)=N/O)c(Br)c1F. The Kier molecular flexibility index (Phi) is 5.41. The molecule has 0 bridgehead atoms. The van der Waals surface area contributed by atoms with E-state index < -0.39 is 5.82 Å². The zero-order valence-corrected chi connectivity index (χ0v) is 13.4.